The molecule has 1 atom stereocenters. The van der Waals surface area contributed by atoms with E-state index in [-0.39, 0.29) is 6.03 Å². The van der Waals surface area contributed by atoms with Gasteiger partial charge in [-0.05, 0) is 19.3 Å². The van der Waals surface area contributed by atoms with E-state index in [1.807, 2.05) is 0 Å². The number of carboxylic acids is 1. The van der Waals surface area contributed by atoms with Gasteiger partial charge in [-0.3, -0.25) is 0 Å². The lowest BCUT2D eigenvalue weighted by molar-refractivity contribution is -0.143. The molecule has 0 spiro atoms. The van der Waals surface area contributed by atoms with Crippen molar-refractivity contribution in [2.24, 2.45) is 0 Å². The summed E-state index contributed by atoms with van der Waals surface area (Å²) in [5.74, 6) is -0.929. The van der Waals surface area contributed by atoms with E-state index in [9.17, 15) is 9.59 Å². The van der Waals surface area contributed by atoms with Gasteiger partial charge in [-0.2, -0.15) is 0 Å². The third-order valence-electron chi connectivity index (χ3n) is 2.63. The van der Waals surface area contributed by atoms with E-state index in [1.54, 1.807) is 7.11 Å². The van der Waals surface area contributed by atoms with E-state index in [1.165, 1.54) is 4.90 Å². The van der Waals surface area contributed by atoms with E-state index in [2.05, 4.69) is 5.32 Å². The number of methoxy groups -OCH3 is 1. The molecule has 16 heavy (non-hydrogen) atoms. The molecule has 1 saturated heterocycles. The van der Waals surface area contributed by atoms with E-state index in [0.717, 1.165) is 12.8 Å². The monoisotopic (exact) mass is 230 g/mol. The Kier molecular flexibility index (Phi) is 5.04. The highest BCUT2D eigenvalue weighted by Crippen LogP contribution is 2.16. The second-order valence-corrected chi connectivity index (χ2v) is 3.77. The number of hydrogen-bond acceptors (Lipinski definition) is 3. The Bertz CT molecular complexity index is 257. The van der Waals surface area contributed by atoms with Crippen molar-refractivity contribution >= 4 is 12.0 Å². The van der Waals surface area contributed by atoms with Crippen LogP contribution in [0.1, 0.15) is 19.3 Å². The van der Waals surface area contributed by atoms with Crippen LogP contribution in [0.4, 0.5) is 4.79 Å². The number of amides is 2. The minimum atomic E-state index is -0.929. The first-order chi connectivity index (χ1) is 7.66. The fourth-order valence-corrected chi connectivity index (χ4v) is 1.79. The average Bonchev–Trinajstić information content (AvgIpc) is 2.29. The third-order valence-corrected chi connectivity index (χ3v) is 2.63. The Hall–Kier alpha value is -1.30. The number of piperidine rings is 1. The Labute approximate surface area is 94.6 Å². The highest BCUT2D eigenvalue weighted by molar-refractivity contribution is 5.82. The number of likely N-dealkylation sites (tertiary alicyclic amines) is 1. The van der Waals surface area contributed by atoms with Gasteiger partial charge in [0.2, 0.25) is 0 Å². The SMILES string of the molecule is COCCNC(=O)N1CCCCC1C(=O)O. The van der Waals surface area contributed by atoms with Gasteiger partial charge in [-0.15, -0.1) is 0 Å². The van der Waals surface area contributed by atoms with Crippen LogP contribution in [0.3, 0.4) is 0 Å². The number of carbonyl (C=O) groups is 2. The number of carbonyl (C=O) groups excluding carboxylic acids is 1. The van der Waals surface area contributed by atoms with Gasteiger partial charge in [0.05, 0.1) is 6.61 Å². The molecule has 1 unspecified atom stereocenters. The van der Waals surface area contributed by atoms with Gasteiger partial charge in [0.1, 0.15) is 6.04 Å². The predicted molar refractivity (Wildman–Crippen MR) is 57.3 cm³/mol. The van der Waals surface area contributed by atoms with Crippen LogP contribution in [-0.4, -0.2) is 54.9 Å². The van der Waals surface area contributed by atoms with Crippen molar-refractivity contribution in [3.63, 3.8) is 0 Å². The summed E-state index contributed by atoms with van der Waals surface area (Å²) >= 11 is 0. The molecule has 0 radical (unpaired) electrons. The number of nitrogens with zero attached hydrogens (tertiary/aromatic N) is 1. The largest absolute Gasteiger partial charge is 0.480 e. The van der Waals surface area contributed by atoms with Crippen molar-refractivity contribution in [1.29, 1.82) is 0 Å². The molecule has 0 aromatic heterocycles. The highest BCUT2D eigenvalue weighted by Gasteiger charge is 2.31. The first kappa shape index (κ1) is 12.8. The molecular formula is C10H18N2O4. The molecule has 1 rings (SSSR count). The molecule has 0 saturated carbocycles. The Balaban J connectivity index is 2.47. The van der Waals surface area contributed by atoms with Crippen molar-refractivity contribution in [1.82, 2.24) is 10.2 Å². The summed E-state index contributed by atoms with van der Waals surface area (Å²) in [4.78, 5) is 24.0. The quantitative estimate of drug-likeness (QED) is 0.680. The average molecular weight is 230 g/mol. The fourth-order valence-electron chi connectivity index (χ4n) is 1.79. The van der Waals surface area contributed by atoms with Crippen LogP contribution in [0.25, 0.3) is 0 Å². The topological polar surface area (TPSA) is 78.9 Å². The van der Waals surface area contributed by atoms with Crippen molar-refractivity contribution in [2.45, 2.75) is 25.3 Å². The first-order valence-electron chi connectivity index (χ1n) is 5.43. The number of hydrogen-bond donors (Lipinski definition) is 2. The van der Waals surface area contributed by atoms with Gasteiger partial charge in [-0.1, -0.05) is 0 Å². The zero-order valence-electron chi connectivity index (χ0n) is 9.44. The first-order valence-corrected chi connectivity index (χ1v) is 5.43. The molecule has 0 bridgehead atoms. The summed E-state index contributed by atoms with van der Waals surface area (Å²) in [5, 5.41) is 11.6. The third kappa shape index (κ3) is 3.37. The van der Waals surface area contributed by atoms with Gasteiger partial charge in [0.15, 0.2) is 0 Å². The van der Waals surface area contributed by atoms with Gasteiger partial charge in [0.25, 0.3) is 0 Å². The minimum Gasteiger partial charge on any atom is -0.480 e. The summed E-state index contributed by atoms with van der Waals surface area (Å²) in [7, 11) is 1.55. The molecule has 0 aromatic rings. The fraction of sp³-hybridized carbons (Fsp3) is 0.800. The summed E-state index contributed by atoms with van der Waals surface area (Å²) < 4.78 is 4.80. The number of ether oxygens (including phenoxy) is 1. The number of rotatable bonds is 4. The van der Waals surface area contributed by atoms with Crippen LogP contribution in [0, 0.1) is 0 Å². The minimum absolute atomic E-state index is 0.316. The molecule has 0 aromatic carbocycles. The van der Waals surface area contributed by atoms with Crippen LogP contribution >= 0.6 is 0 Å². The van der Waals surface area contributed by atoms with E-state index in [4.69, 9.17) is 9.84 Å². The maximum Gasteiger partial charge on any atom is 0.326 e. The lowest BCUT2D eigenvalue weighted by Crippen LogP contribution is -2.52. The van der Waals surface area contributed by atoms with Gasteiger partial charge in [-0.25, -0.2) is 9.59 Å². The standard InChI is InChI=1S/C10H18N2O4/c1-16-7-5-11-10(15)12-6-3-2-4-8(12)9(13)14/h8H,2-7H2,1H3,(H,11,15)(H,13,14). The molecule has 6 nitrogen and oxygen atoms in total. The lowest BCUT2D eigenvalue weighted by atomic mass is 10.0. The normalized spacial score (nSPS) is 20.6. The Morgan fingerprint density at radius 1 is 1.50 bits per heavy atom. The Morgan fingerprint density at radius 2 is 2.25 bits per heavy atom. The maximum atomic E-state index is 11.7. The van der Waals surface area contributed by atoms with Crippen LogP contribution in [0.5, 0.6) is 0 Å². The molecule has 92 valence electrons. The van der Waals surface area contributed by atoms with Gasteiger partial charge in [0, 0.05) is 20.2 Å². The highest BCUT2D eigenvalue weighted by atomic mass is 16.5. The van der Waals surface area contributed by atoms with Crippen LogP contribution in [0.15, 0.2) is 0 Å². The van der Waals surface area contributed by atoms with E-state index in [0.29, 0.717) is 26.1 Å². The van der Waals surface area contributed by atoms with Gasteiger partial charge >= 0.3 is 12.0 Å². The predicted octanol–water partition coefficient (Wildman–Crippen LogP) is 0.281. The summed E-state index contributed by atoms with van der Waals surface area (Å²) in [6.45, 7) is 1.34. The molecular weight excluding hydrogens is 212 g/mol. The molecule has 1 aliphatic rings. The molecule has 1 aliphatic heterocycles. The summed E-state index contributed by atoms with van der Waals surface area (Å²) in [5.41, 5.74) is 0. The van der Waals surface area contributed by atoms with Crippen LogP contribution in [-0.2, 0) is 9.53 Å². The maximum absolute atomic E-state index is 11.7. The summed E-state index contributed by atoms with van der Waals surface area (Å²) in [6.07, 6.45) is 2.26. The number of nitrogens with one attached hydrogen (secondary N) is 1. The lowest BCUT2D eigenvalue weighted by Gasteiger charge is -2.32. The summed E-state index contributed by atoms with van der Waals surface area (Å²) in [6, 6.07) is -1.000. The van der Waals surface area contributed by atoms with Crippen LogP contribution < -0.4 is 5.32 Å². The van der Waals surface area contributed by atoms with Crippen molar-refractivity contribution in [3.8, 4) is 0 Å². The molecule has 2 amide bonds. The number of carboxylic acid groups (broad SMARTS) is 1. The number of urea groups is 1. The molecule has 1 fully saturated rings. The second kappa shape index (κ2) is 6.32. The molecule has 6 heteroatoms. The zero-order valence-corrected chi connectivity index (χ0v) is 9.44. The van der Waals surface area contributed by atoms with Crippen molar-refractivity contribution < 1.29 is 19.4 Å². The van der Waals surface area contributed by atoms with Crippen molar-refractivity contribution in [3.05, 3.63) is 0 Å². The second-order valence-electron chi connectivity index (χ2n) is 3.77. The van der Waals surface area contributed by atoms with Crippen molar-refractivity contribution in [2.75, 3.05) is 26.8 Å². The molecule has 1 heterocycles. The van der Waals surface area contributed by atoms with Gasteiger partial charge < -0.3 is 20.1 Å². The van der Waals surface area contributed by atoms with E-state index < -0.39 is 12.0 Å². The molecule has 2 N–H and O–H groups in total. The Morgan fingerprint density at radius 3 is 2.88 bits per heavy atom. The smallest absolute Gasteiger partial charge is 0.326 e. The number of aliphatic carboxylic acids is 1. The van der Waals surface area contributed by atoms with E-state index >= 15 is 0 Å². The molecule has 0 aliphatic carbocycles. The van der Waals surface area contributed by atoms with Crippen LogP contribution in [0.2, 0.25) is 0 Å². The zero-order chi connectivity index (χ0) is 12.0.